The first-order chi connectivity index (χ1) is 17.5. The molecule has 0 bridgehead atoms. The van der Waals surface area contributed by atoms with E-state index in [1.54, 1.807) is 30.3 Å². The van der Waals surface area contributed by atoms with E-state index in [2.05, 4.69) is 12.2 Å². The average molecular weight is 503 g/mol. The Balaban J connectivity index is 1.20. The number of hydrogen-bond acceptors (Lipinski definition) is 7. The number of carbonyl (C=O) groups is 3. The smallest absolute Gasteiger partial charge is 0.340 e. The number of rotatable bonds is 9. The van der Waals surface area contributed by atoms with Crippen LogP contribution in [0.2, 0.25) is 0 Å². The van der Waals surface area contributed by atoms with Crippen molar-refractivity contribution in [3.63, 3.8) is 0 Å². The van der Waals surface area contributed by atoms with Crippen LogP contribution in [0.15, 0.2) is 77.7 Å². The van der Waals surface area contributed by atoms with Gasteiger partial charge in [0.1, 0.15) is 5.75 Å². The molecule has 2 heterocycles. The molecule has 0 radical (unpaired) electrons. The number of carbonyl (C=O) groups excluding carboxylic acids is 3. The number of cyclic esters (lactones) is 1. The van der Waals surface area contributed by atoms with E-state index in [0.717, 1.165) is 34.7 Å². The van der Waals surface area contributed by atoms with Crippen molar-refractivity contribution >= 4 is 40.9 Å². The molecular formula is C28H26N2O5S. The highest BCUT2D eigenvalue weighted by Gasteiger charge is 2.40. The topological polar surface area (TPSA) is 84.9 Å². The summed E-state index contributed by atoms with van der Waals surface area (Å²) in [5, 5.41) is 2.73. The van der Waals surface area contributed by atoms with Crippen LogP contribution in [0.3, 0.4) is 0 Å². The maximum Gasteiger partial charge on any atom is 0.340 e. The molecule has 1 N–H and O–H groups in total. The maximum absolute atomic E-state index is 13.1. The van der Waals surface area contributed by atoms with Crippen LogP contribution < -0.4 is 15.0 Å². The molecular weight excluding hydrogens is 476 g/mol. The van der Waals surface area contributed by atoms with E-state index in [0.29, 0.717) is 17.9 Å². The molecule has 7 nitrogen and oxygen atoms in total. The normalized spacial score (nSPS) is 18.8. The maximum atomic E-state index is 13.1. The van der Waals surface area contributed by atoms with Crippen LogP contribution in [-0.2, 0) is 14.3 Å². The van der Waals surface area contributed by atoms with E-state index < -0.39 is 11.5 Å². The van der Waals surface area contributed by atoms with E-state index in [-0.39, 0.29) is 24.2 Å². The lowest BCUT2D eigenvalue weighted by Crippen LogP contribution is -2.31. The third-order valence-electron chi connectivity index (χ3n) is 6.09. The summed E-state index contributed by atoms with van der Waals surface area (Å²) < 4.78 is 11.1. The lowest BCUT2D eigenvalue weighted by Gasteiger charge is -2.16. The second-order valence-electron chi connectivity index (χ2n) is 8.62. The lowest BCUT2D eigenvalue weighted by molar-refractivity contribution is -0.121. The van der Waals surface area contributed by atoms with Gasteiger partial charge in [0.15, 0.2) is 0 Å². The third kappa shape index (κ3) is 4.95. The molecule has 36 heavy (non-hydrogen) atoms. The number of nitrogens with one attached hydrogen (secondary N) is 1. The molecule has 1 fully saturated rings. The molecule has 0 aromatic heterocycles. The molecule has 5 rings (SSSR count). The molecule has 8 heteroatoms. The fraction of sp³-hybridized carbons (Fsp3) is 0.250. The van der Waals surface area contributed by atoms with Crippen molar-refractivity contribution in [3.8, 4) is 5.75 Å². The Morgan fingerprint density at radius 3 is 2.50 bits per heavy atom. The van der Waals surface area contributed by atoms with Crippen LogP contribution in [0.5, 0.6) is 5.75 Å². The van der Waals surface area contributed by atoms with Gasteiger partial charge in [-0.1, -0.05) is 31.5 Å². The van der Waals surface area contributed by atoms with Crippen LogP contribution in [0.1, 0.15) is 48.3 Å². The monoisotopic (exact) mass is 502 g/mol. The summed E-state index contributed by atoms with van der Waals surface area (Å²) in [6.45, 7) is 2.74. The zero-order valence-corrected chi connectivity index (χ0v) is 20.6. The van der Waals surface area contributed by atoms with Gasteiger partial charge >= 0.3 is 5.97 Å². The summed E-state index contributed by atoms with van der Waals surface area (Å²) in [6.07, 6.45) is 1.63. The van der Waals surface area contributed by atoms with Gasteiger partial charge in [0, 0.05) is 22.6 Å². The van der Waals surface area contributed by atoms with Gasteiger partial charge in [-0.2, -0.15) is 0 Å². The summed E-state index contributed by atoms with van der Waals surface area (Å²) in [4.78, 5) is 39.9. The molecule has 0 spiro atoms. The van der Waals surface area contributed by atoms with E-state index in [1.807, 2.05) is 42.5 Å². The van der Waals surface area contributed by atoms with Gasteiger partial charge in [0.2, 0.25) is 18.0 Å². The first kappa shape index (κ1) is 23.9. The minimum absolute atomic E-state index is 0.146. The molecule has 2 amide bonds. The number of esters is 1. The van der Waals surface area contributed by atoms with Crippen LogP contribution in [0.4, 0.5) is 11.4 Å². The Bertz CT molecular complexity index is 1280. The highest BCUT2D eigenvalue weighted by atomic mass is 32.2. The van der Waals surface area contributed by atoms with Crippen molar-refractivity contribution in [2.45, 2.75) is 42.6 Å². The van der Waals surface area contributed by atoms with Crippen molar-refractivity contribution < 1.29 is 23.9 Å². The first-order valence-electron chi connectivity index (χ1n) is 12.0. The van der Waals surface area contributed by atoms with Gasteiger partial charge < -0.3 is 14.8 Å². The lowest BCUT2D eigenvalue weighted by atomic mass is 10.1. The van der Waals surface area contributed by atoms with E-state index in [9.17, 15) is 14.4 Å². The van der Waals surface area contributed by atoms with E-state index >= 15 is 0 Å². The van der Waals surface area contributed by atoms with Crippen molar-refractivity contribution in [1.29, 1.82) is 0 Å². The van der Waals surface area contributed by atoms with Crippen molar-refractivity contribution in [3.05, 3.63) is 83.9 Å². The predicted octanol–water partition coefficient (Wildman–Crippen LogP) is 5.57. The molecule has 2 unspecified atom stereocenters. The van der Waals surface area contributed by atoms with Crippen molar-refractivity contribution in [2.75, 3.05) is 16.8 Å². The molecule has 1 saturated heterocycles. The van der Waals surface area contributed by atoms with Crippen LogP contribution in [-0.4, -0.2) is 29.6 Å². The number of thioether (sulfide) groups is 1. The zero-order valence-electron chi connectivity index (χ0n) is 19.8. The largest absolute Gasteiger partial charge is 0.494 e. The summed E-state index contributed by atoms with van der Waals surface area (Å²) >= 11 is 1.37. The number of unbranched alkanes of at least 4 members (excludes halogenated alkanes) is 1. The quantitative estimate of drug-likeness (QED) is 0.233. The number of nitrogens with zero attached hydrogens (tertiary/aromatic N) is 1. The fourth-order valence-corrected chi connectivity index (χ4v) is 5.25. The Kier molecular flexibility index (Phi) is 6.95. The summed E-state index contributed by atoms with van der Waals surface area (Å²) in [5.74, 6) is -0.0526. The number of imide groups is 1. The fourth-order valence-electron chi connectivity index (χ4n) is 4.19. The third-order valence-corrected chi connectivity index (χ3v) is 7.28. The number of amides is 2. The minimum atomic E-state index is -0.543. The van der Waals surface area contributed by atoms with Gasteiger partial charge in [-0.25, -0.2) is 9.69 Å². The minimum Gasteiger partial charge on any atom is -0.494 e. The van der Waals surface area contributed by atoms with Gasteiger partial charge in [0.05, 0.1) is 23.1 Å². The molecule has 0 saturated carbocycles. The Hall–Kier alpha value is -3.78. The van der Waals surface area contributed by atoms with E-state index in [4.69, 9.17) is 9.47 Å². The summed E-state index contributed by atoms with van der Waals surface area (Å²) in [6, 6.07) is 21.9. The van der Waals surface area contributed by atoms with E-state index in [1.165, 1.54) is 16.7 Å². The van der Waals surface area contributed by atoms with Crippen molar-refractivity contribution in [1.82, 2.24) is 0 Å². The highest BCUT2D eigenvalue weighted by Crippen LogP contribution is 2.36. The molecule has 3 aromatic rings. The van der Waals surface area contributed by atoms with Gasteiger partial charge in [-0.05, 0) is 61.0 Å². The van der Waals surface area contributed by atoms with Crippen LogP contribution in [0.25, 0.3) is 0 Å². The number of benzene rings is 3. The van der Waals surface area contributed by atoms with Gasteiger partial charge in [0.25, 0.3) is 0 Å². The van der Waals surface area contributed by atoms with Gasteiger partial charge in [-0.3, -0.25) is 9.59 Å². The Labute approximate surface area is 213 Å². The SMILES string of the molecule is CCCCOc1ccc(N2C(=O)CC(Sc3ccc(NC4OC(=O)c5ccccc54)cc3)C2=O)cc1. The van der Waals surface area contributed by atoms with Gasteiger partial charge in [-0.15, -0.1) is 11.8 Å². The molecule has 2 aliphatic rings. The predicted molar refractivity (Wildman–Crippen MR) is 138 cm³/mol. The zero-order chi connectivity index (χ0) is 25.1. The van der Waals surface area contributed by atoms with Crippen LogP contribution in [0, 0.1) is 0 Å². The molecule has 2 atom stereocenters. The van der Waals surface area contributed by atoms with Crippen molar-refractivity contribution in [2.24, 2.45) is 0 Å². The highest BCUT2D eigenvalue weighted by molar-refractivity contribution is 8.00. The number of hydrogen-bond donors (Lipinski definition) is 1. The van der Waals surface area contributed by atoms with Crippen LogP contribution >= 0.6 is 11.8 Å². The Morgan fingerprint density at radius 2 is 1.75 bits per heavy atom. The second-order valence-corrected chi connectivity index (χ2v) is 9.89. The molecule has 2 aliphatic heterocycles. The average Bonchev–Trinajstić information content (AvgIpc) is 3.35. The number of fused-ring (bicyclic) bond motifs is 1. The molecule has 184 valence electrons. The Morgan fingerprint density at radius 1 is 1.00 bits per heavy atom. The standard InChI is InChI=1S/C28H26N2O5S/c1-2-3-16-34-20-12-10-19(11-13-20)30-25(31)17-24(27(30)32)36-21-14-8-18(9-15-21)29-26-22-6-4-5-7-23(22)28(33)35-26/h4-15,24,26,29H,2-3,16-17H2,1H3. The number of anilines is 2. The summed E-state index contributed by atoms with van der Waals surface area (Å²) in [5.41, 5.74) is 2.71. The molecule has 0 aliphatic carbocycles. The molecule has 3 aromatic carbocycles. The number of ether oxygens (including phenoxy) is 2. The summed E-state index contributed by atoms with van der Waals surface area (Å²) in [7, 11) is 0. The second kappa shape index (κ2) is 10.5. The first-order valence-corrected chi connectivity index (χ1v) is 12.8.